The lowest BCUT2D eigenvalue weighted by Crippen LogP contribution is -2.39. The van der Waals surface area contributed by atoms with Crippen molar-refractivity contribution < 1.29 is 14.3 Å². The maximum absolute atomic E-state index is 12.5. The summed E-state index contributed by atoms with van der Waals surface area (Å²) in [5.41, 5.74) is 0.969. The van der Waals surface area contributed by atoms with Crippen LogP contribution in [0.2, 0.25) is 0 Å². The monoisotopic (exact) mass is 399 g/mol. The fourth-order valence-corrected chi connectivity index (χ4v) is 4.05. The molecular weight excluding hydrogens is 382 g/mol. The van der Waals surface area contributed by atoms with E-state index in [0.717, 1.165) is 31.0 Å². The number of nitrogens with zero attached hydrogens (tertiary/aromatic N) is 1. The second kappa shape index (κ2) is 7.32. The lowest BCUT2D eigenvalue weighted by molar-refractivity contribution is -0.0204. The molecule has 1 aromatic rings. The van der Waals surface area contributed by atoms with Crippen molar-refractivity contribution in [2.24, 2.45) is 0 Å². The molecule has 0 bridgehead atoms. The minimum Gasteiger partial charge on any atom is -0.373 e. The van der Waals surface area contributed by atoms with Gasteiger partial charge in [0, 0.05) is 10.7 Å². The third kappa shape index (κ3) is 3.62. The van der Waals surface area contributed by atoms with Gasteiger partial charge >= 0.3 is 0 Å². The van der Waals surface area contributed by atoms with E-state index in [9.17, 15) is 9.59 Å². The first kappa shape index (κ1) is 16.9. The summed E-state index contributed by atoms with van der Waals surface area (Å²) in [6.07, 6.45) is 3.21. The summed E-state index contributed by atoms with van der Waals surface area (Å²) in [6, 6.07) is 6.96. The highest BCUT2D eigenvalue weighted by Gasteiger charge is 2.37. The van der Waals surface area contributed by atoms with Crippen molar-refractivity contribution >= 4 is 39.3 Å². The number of amides is 2. The van der Waals surface area contributed by atoms with Crippen molar-refractivity contribution in [3.8, 4) is 0 Å². The topological polar surface area (TPSA) is 46.6 Å². The van der Waals surface area contributed by atoms with Crippen LogP contribution in [0.4, 0.5) is 0 Å². The Bertz CT molecular complexity index is 574. The van der Waals surface area contributed by atoms with Crippen molar-refractivity contribution in [3.05, 3.63) is 35.4 Å². The maximum Gasteiger partial charge on any atom is 0.261 e. The molecule has 0 N–H and O–H groups in total. The zero-order chi connectivity index (χ0) is 16.4. The number of ether oxygens (including phenoxy) is 1. The molecule has 2 aliphatic heterocycles. The largest absolute Gasteiger partial charge is 0.373 e. The molecule has 0 radical (unpaired) electrons. The van der Waals surface area contributed by atoms with Crippen LogP contribution in [0.1, 0.15) is 46.4 Å². The molecule has 124 valence electrons. The minimum absolute atomic E-state index is 0.0690. The van der Waals surface area contributed by atoms with E-state index in [4.69, 9.17) is 16.3 Å². The molecule has 1 fully saturated rings. The number of halogens is 2. The van der Waals surface area contributed by atoms with Gasteiger partial charge in [0.2, 0.25) is 0 Å². The van der Waals surface area contributed by atoms with Gasteiger partial charge in [-0.15, -0.1) is 11.6 Å². The molecule has 0 aromatic heterocycles. The molecule has 3 unspecified atom stereocenters. The fourth-order valence-electron chi connectivity index (χ4n) is 3.22. The molecule has 2 heterocycles. The van der Waals surface area contributed by atoms with Crippen molar-refractivity contribution in [2.45, 2.75) is 43.3 Å². The van der Waals surface area contributed by atoms with Crippen molar-refractivity contribution in [1.29, 1.82) is 0 Å². The van der Waals surface area contributed by atoms with E-state index >= 15 is 0 Å². The lowest BCUT2D eigenvalue weighted by atomic mass is 10.1. The highest BCUT2D eigenvalue weighted by Crippen LogP contribution is 2.28. The number of benzene rings is 1. The lowest BCUT2D eigenvalue weighted by Gasteiger charge is -2.25. The maximum atomic E-state index is 12.5. The first-order chi connectivity index (χ1) is 11.1. The Kier molecular flexibility index (Phi) is 5.39. The van der Waals surface area contributed by atoms with Gasteiger partial charge in [0.15, 0.2) is 0 Å². The minimum atomic E-state index is -0.224. The Hall–Kier alpha value is -0.910. The third-order valence-corrected chi connectivity index (χ3v) is 5.26. The Labute approximate surface area is 149 Å². The molecular formula is C17H19BrClNO3. The van der Waals surface area contributed by atoms with Crippen LogP contribution >= 0.6 is 27.5 Å². The SMILES string of the molecule is O=C1c2ccccc2C(=O)N1CC1CCC(Cl)CC(CCBr)O1. The van der Waals surface area contributed by atoms with Crippen LogP contribution in [-0.2, 0) is 4.74 Å². The Balaban J connectivity index is 1.72. The van der Waals surface area contributed by atoms with Crippen molar-refractivity contribution in [2.75, 3.05) is 11.9 Å². The smallest absolute Gasteiger partial charge is 0.261 e. The van der Waals surface area contributed by atoms with E-state index in [1.54, 1.807) is 24.3 Å². The molecule has 3 atom stereocenters. The number of alkyl halides is 2. The molecule has 2 amide bonds. The van der Waals surface area contributed by atoms with Gasteiger partial charge in [-0.2, -0.15) is 0 Å². The average Bonchev–Trinajstić information content (AvgIpc) is 2.68. The van der Waals surface area contributed by atoms with E-state index in [1.165, 1.54) is 4.90 Å². The van der Waals surface area contributed by atoms with E-state index in [-0.39, 0.29) is 29.4 Å². The number of hydrogen-bond acceptors (Lipinski definition) is 3. The molecule has 23 heavy (non-hydrogen) atoms. The second-order valence-electron chi connectivity index (χ2n) is 6.03. The van der Waals surface area contributed by atoms with E-state index < -0.39 is 0 Å². The fraction of sp³-hybridized carbons (Fsp3) is 0.529. The van der Waals surface area contributed by atoms with Gasteiger partial charge in [0.1, 0.15) is 0 Å². The molecule has 0 spiro atoms. The zero-order valence-electron chi connectivity index (χ0n) is 12.7. The summed E-state index contributed by atoms with van der Waals surface area (Å²) >= 11 is 9.76. The van der Waals surface area contributed by atoms with E-state index in [2.05, 4.69) is 15.9 Å². The van der Waals surface area contributed by atoms with Gasteiger partial charge in [-0.1, -0.05) is 28.1 Å². The predicted octanol–water partition coefficient (Wildman–Crippen LogP) is 3.61. The quantitative estimate of drug-likeness (QED) is 0.573. The molecule has 0 saturated carbocycles. The number of fused-ring (bicyclic) bond motifs is 1. The summed E-state index contributed by atoms with van der Waals surface area (Å²) in [6.45, 7) is 0.300. The van der Waals surface area contributed by atoms with Gasteiger partial charge in [-0.25, -0.2) is 0 Å². The van der Waals surface area contributed by atoms with Crippen LogP contribution in [0, 0.1) is 0 Å². The molecule has 6 heteroatoms. The van der Waals surface area contributed by atoms with Crippen LogP contribution in [0.15, 0.2) is 24.3 Å². The van der Waals surface area contributed by atoms with Gasteiger partial charge in [-0.05, 0) is 37.8 Å². The molecule has 3 rings (SSSR count). The number of carbonyl (C=O) groups excluding carboxylic acids is 2. The molecule has 1 saturated heterocycles. The first-order valence-corrected chi connectivity index (χ1v) is 9.46. The second-order valence-corrected chi connectivity index (χ2v) is 7.44. The predicted molar refractivity (Wildman–Crippen MR) is 92.4 cm³/mol. The zero-order valence-corrected chi connectivity index (χ0v) is 15.1. The molecule has 0 aliphatic carbocycles. The van der Waals surface area contributed by atoms with E-state index in [1.807, 2.05) is 0 Å². The number of hydrogen-bond donors (Lipinski definition) is 0. The van der Waals surface area contributed by atoms with Gasteiger partial charge in [0.25, 0.3) is 11.8 Å². The van der Waals surface area contributed by atoms with E-state index in [0.29, 0.717) is 17.7 Å². The Morgan fingerprint density at radius 1 is 1.13 bits per heavy atom. The van der Waals surface area contributed by atoms with Gasteiger partial charge in [0.05, 0.1) is 29.9 Å². The summed E-state index contributed by atoms with van der Waals surface area (Å²) < 4.78 is 6.12. The summed E-state index contributed by atoms with van der Waals surface area (Å²) in [5.74, 6) is -0.448. The van der Waals surface area contributed by atoms with Crippen molar-refractivity contribution in [3.63, 3.8) is 0 Å². The number of imide groups is 1. The van der Waals surface area contributed by atoms with Gasteiger partial charge in [-0.3, -0.25) is 14.5 Å². The Morgan fingerprint density at radius 2 is 1.78 bits per heavy atom. The summed E-state index contributed by atoms with van der Waals surface area (Å²) in [5, 5.41) is 0.937. The van der Waals surface area contributed by atoms with Crippen LogP contribution in [0.5, 0.6) is 0 Å². The number of rotatable bonds is 4. The Morgan fingerprint density at radius 3 is 2.39 bits per heavy atom. The first-order valence-electron chi connectivity index (χ1n) is 7.91. The highest BCUT2D eigenvalue weighted by molar-refractivity contribution is 9.09. The van der Waals surface area contributed by atoms with Crippen LogP contribution < -0.4 is 0 Å². The van der Waals surface area contributed by atoms with Crippen LogP contribution in [0.3, 0.4) is 0 Å². The molecule has 2 aliphatic rings. The van der Waals surface area contributed by atoms with Gasteiger partial charge < -0.3 is 4.74 Å². The average molecular weight is 401 g/mol. The standard InChI is InChI=1S/C17H19BrClNO3/c18-8-7-12-9-11(19)5-6-13(23-12)10-20-16(21)14-3-1-2-4-15(14)17(20)22/h1-4,11-13H,5-10H2. The van der Waals surface area contributed by atoms with Crippen LogP contribution in [-0.4, -0.2) is 46.2 Å². The summed E-state index contributed by atoms with van der Waals surface area (Å²) in [7, 11) is 0. The van der Waals surface area contributed by atoms with Crippen molar-refractivity contribution in [1.82, 2.24) is 4.90 Å². The highest BCUT2D eigenvalue weighted by atomic mass is 79.9. The summed E-state index contributed by atoms with van der Waals surface area (Å²) in [4.78, 5) is 26.2. The third-order valence-electron chi connectivity index (χ3n) is 4.40. The molecule has 1 aromatic carbocycles. The molecule has 4 nitrogen and oxygen atoms in total. The normalized spacial score (nSPS) is 27.9. The van der Waals surface area contributed by atoms with Crippen LogP contribution in [0.25, 0.3) is 0 Å². The number of carbonyl (C=O) groups is 2.